The standard InChI is InChI=1S/C19H30N2O3S/c1-6-25(23,24)21-9-7-8-17(12-21)19(22)20-16(5)18-11-14(3)13(2)10-15(18)4/h10-11,16-17H,6-9,12H2,1-5H3,(H,20,22)/t16-,17+/m0/s1. The van der Waals surface area contributed by atoms with Crippen LogP contribution in [0.25, 0.3) is 0 Å². The van der Waals surface area contributed by atoms with Crippen molar-refractivity contribution in [1.82, 2.24) is 9.62 Å². The van der Waals surface area contributed by atoms with Crippen LogP contribution in [0.4, 0.5) is 0 Å². The third kappa shape index (κ3) is 4.61. The largest absolute Gasteiger partial charge is 0.349 e. The molecule has 140 valence electrons. The van der Waals surface area contributed by atoms with Crippen molar-refractivity contribution in [2.75, 3.05) is 18.8 Å². The van der Waals surface area contributed by atoms with Crippen molar-refractivity contribution >= 4 is 15.9 Å². The normalized spacial score (nSPS) is 20.3. The fourth-order valence-electron chi connectivity index (χ4n) is 3.45. The van der Waals surface area contributed by atoms with Crippen LogP contribution in [0.5, 0.6) is 0 Å². The molecule has 0 bridgehead atoms. The number of hydrogen-bond donors (Lipinski definition) is 1. The van der Waals surface area contributed by atoms with Crippen LogP contribution >= 0.6 is 0 Å². The Morgan fingerprint density at radius 2 is 1.88 bits per heavy atom. The predicted molar refractivity (Wildman–Crippen MR) is 101 cm³/mol. The van der Waals surface area contributed by atoms with Crippen molar-refractivity contribution in [3.8, 4) is 0 Å². The first kappa shape index (κ1) is 19.9. The Labute approximate surface area is 151 Å². The number of nitrogens with zero attached hydrogens (tertiary/aromatic N) is 1. The van der Waals surface area contributed by atoms with E-state index in [1.54, 1.807) is 6.92 Å². The lowest BCUT2D eigenvalue weighted by atomic mass is 9.95. The van der Waals surface area contributed by atoms with Gasteiger partial charge in [0.25, 0.3) is 0 Å². The summed E-state index contributed by atoms with van der Waals surface area (Å²) in [6, 6.07) is 4.18. The van der Waals surface area contributed by atoms with Crippen LogP contribution in [0.2, 0.25) is 0 Å². The molecule has 1 fully saturated rings. The summed E-state index contributed by atoms with van der Waals surface area (Å²) in [6.07, 6.45) is 1.47. The SMILES string of the molecule is CCS(=O)(=O)N1CCC[C@@H](C(=O)N[C@@H](C)c2cc(C)c(C)cc2C)C1. The number of hydrogen-bond acceptors (Lipinski definition) is 3. The third-order valence-corrected chi connectivity index (χ3v) is 7.07. The highest BCUT2D eigenvalue weighted by atomic mass is 32.2. The van der Waals surface area contributed by atoms with Crippen molar-refractivity contribution in [3.63, 3.8) is 0 Å². The van der Waals surface area contributed by atoms with E-state index in [0.717, 1.165) is 24.0 Å². The topological polar surface area (TPSA) is 66.5 Å². The molecule has 2 rings (SSSR count). The highest BCUT2D eigenvalue weighted by Gasteiger charge is 2.32. The van der Waals surface area contributed by atoms with Gasteiger partial charge in [-0.3, -0.25) is 4.79 Å². The smallest absolute Gasteiger partial charge is 0.224 e. The fraction of sp³-hybridized carbons (Fsp3) is 0.632. The number of amides is 1. The van der Waals surface area contributed by atoms with Gasteiger partial charge in [0.2, 0.25) is 15.9 Å². The first-order valence-corrected chi connectivity index (χ1v) is 10.6. The fourth-order valence-corrected chi connectivity index (χ4v) is 4.63. The first-order valence-electron chi connectivity index (χ1n) is 9.01. The molecule has 0 aliphatic carbocycles. The van der Waals surface area contributed by atoms with Crippen LogP contribution in [0.1, 0.15) is 55.0 Å². The van der Waals surface area contributed by atoms with Crippen LogP contribution in [-0.4, -0.2) is 37.5 Å². The zero-order chi connectivity index (χ0) is 18.8. The zero-order valence-electron chi connectivity index (χ0n) is 15.9. The van der Waals surface area contributed by atoms with Crippen molar-refractivity contribution in [2.45, 2.75) is 53.5 Å². The van der Waals surface area contributed by atoms with Gasteiger partial charge in [0.05, 0.1) is 17.7 Å². The molecule has 1 aliphatic heterocycles. The molecule has 5 nitrogen and oxygen atoms in total. The summed E-state index contributed by atoms with van der Waals surface area (Å²) in [5.74, 6) is -0.245. The van der Waals surface area contributed by atoms with Gasteiger partial charge in [-0.15, -0.1) is 0 Å². The number of benzene rings is 1. The number of sulfonamides is 1. The molecule has 1 aromatic carbocycles. The van der Waals surface area contributed by atoms with E-state index in [4.69, 9.17) is 0 Å². The molecule has 6 heteroatoms. The minimum atomic E-state index is -3.23. The van der Waals surface area contributed by atoms with Crippen molar-refractivity contribution in [2.24, 2.45) is 5.92 Å². The lowest BCUT2D eigenvalue weighted by Crippen LogP contribution is -2.46. The summed E-state index contributed by atoms with van der Waals surface area (Å²) in [6.45, 7) is 10.6. The Kier molecular flexibility index (Phi) is 6.27. The summed E-state index contributed by atoms with van der Waals surface area (Å²) >= 11 is 0. The van der Waals surface area contributed by atoms with E-state index in [9.17, 15) is 13.2 Å². The lowest BCUT2D eigenvalue weighted by molar-refractivity contribution is -0.126. The van der Waals surface area contributed by atoms with Crippen molar-refractivity contribution in [1.29, 1.82) is 0 Å². The summed E-state index contributed by atoms with van der Waals surface area (Å²) in [5.41, 5.74) is 4.73. The average molecular weight is 367 g/mol. The molecule has 1 saturated heterocycles. The van der Waals surface area contributed by atoms with Gasteiger partial charge < -0.3 is 5.32 Å². The molecule has 0 spiro atoms. The Hall–Kier alpha value is -1.40. The van der Waals surface area contributed by atoms with Gasteiger partial charge in [-0.25, -0.2) is 12.7 Å². The maximum atomic E-state index is 12.7. The minimum Gasteiger partial charge on any atom is -0.349 e. The molecule has 1 amide bonds. The molecule has 1 N–H and O–H groups in total. The number of aryl methyl sites for hydroxylation is 3. The van der Waals surface area contributed by atoms with Crippen molar-refractivity contribution < 1.29 is 13.2 Å². The quantitative estimate of drug-likeness (QED) is 0.871. The molecule has 1 heterocycles. The molecule has 1 aliphatic rings. The van der Waals surface area contributed by atoms with E-state index in [-0.39, 0.29) is 23.6 Å². The number of nitrogens with one attached hydrogen (secondary N) is 1. The van der Waals surface area contributed by atoms with E-state index in [1.165, 1.54) is 15.4 Å². The van der Waals surface area contributed by atoms with Gasteiger partial charge in [0, 0.05) is 13.1 Å². The lowest BCUT2D eigenvalue weighted by Gasteiger charge is -2.31. The molecule has 0 aromatic heterocycles. The monoisotopic (exact) mass is 366 g/mol. The van der Waals surface area contributed by atoms with Crippen LogP contribution in [0, 0.1) is 26.7 Å². The van der Waals surface area contributed by atoms with E-state index >= 15 is 0 Å². The molecule has 0 unspecified atom stereocenters. The Bertz CT molecular complexity index is 743. The number of carbonyl (C=O) groups is 1. The van der Waals surface area contributed by atoms with Gasteiger partial charge in [0.1, 0.15) is 0 Å². The Balaban J connectivity index is 2.07. The summed E-state index contributed by atoms with van der Waals surface area (Å²) in [7, 11) is -3.23. The third-order valence-electron chi connectivity index (χ3n) is 5.22. The van der Waals surface area contributed by atoms with E-state index in [1.807, 2.05) is 6.92 Å². The molecule has 0 saturated carbocycles. The molecule has 2 atom stereocenters. The minimum absolute atomic E-state index is 0.0545. The highest BCUT2D eigenvalue weighted by molar-refractivity contribution is 7.89. The Morgan fingerprint density at radius 3 is 2.52 bits per heavy atom. The Morgan fingerprint density at radius 1 is 1.24 bits per heavy atom. The van der Waals surface area contributed by atoms with Crippen molar-refractivity contribution in [3.05, 3.63) is 34.4 Å². The van der Waals surface area contributed by atoms with E-state index < -0.39 is 10.0 Å². The first-order chi connectivity index (χ1) is 11.7. The molecular weight excluding hydrogens is 336 g/mol. The second-order valence-corrected chi connectivity index (χ2v) is 9.38. The highest BCUT2D eigenvalue weighted by Crippen LogP contribution is 2.24. The van der Waals surface area contributed by atoms with Crippen LogP contribution in [-0.2, 0) is 14.8 Å². The van der Waals surface area contributed by atoms with Crippen LogP contribution in [0.15, 0.2) is 12.1 Å². The maximum Gasteiger partial charge on any atom is 0.224 e. The number of rotatable bonds is 5. The van der Waals surface area contributed by atoms with Gasteiger partial charge >= 0.3 is 0 Å². The summed E-state index contributed by atoms with van der Waals surface area (Å²) < 4.78 is 25.6. The predicted octanol–water partition coefficient (Wildman–Crippen LogP) is 2.85. The van der Waals surface area contributed by atoms with Gasteiger partial charge in [-0.2, -0.15) is 0 Å². The zero-order valence-corrected chi connectivity index (χ0v) is 16.7. The maximum absolute atomic E-state index is 12.7. The molecule has 25 heavy (non-hydrogen) atoms. The number of piperidine rings is 1. The van der Waals surface area contributed by atoms with Gasteiger partial charge in [0.15, 0.2) is 0 Å². The molecule has 1 aromatic rings. The molecule has 0 radical (unpaired) electrons. The summed E-state index contributed by atoms with van der Waals surface area (Å²) in [4.78, 5) is 12.7. The average Bonchev–Trinajstić information content (AvgIpc) is 2.58. The second kappa shape index (κ2) is 7.87. The van der Waals surface area contributed by atoms with E-state index in [0.29, 0.717) is 13.1 Å². The van der Waals surface area contributed by atoms with E-state index in [2.05, 4.69) is 38.2 Å². The van der Waals surface area contributed by atoms with Crippen LogP contribution < -0.4 is 5.32 Å². The summed E-state index contributed by atoms with van der Waals surface area (Å²) in [5, 5.41) is 3.08. The number of carbonyl (C=O) groups excluding carboxylic acids is 1. The molecular formula is C19H30N2O3S. The van der Waals surface area contributed by atoms with Gasteiger partial charge in [-0.05, 0) is 69.7 Å². The van der Waals surface area contributed by atoms with Crippen LogP contribution in [0.3, 0.4) is 0 Å². The van der Waals surface area contributed by atoms with Gasteiger partial charge in [-0.1, -0.05) is 12.1 Å². The second-order valence-electron chi connectivity index (χ2n) is 7.12.